The van der Waals surface area contributed by atoms with E-state index in [1.54, 1.807) is 0 Å². The van der Waals surface area contributed by atoms with Gasteiger partial charge in [0.25, 0.3) is 0 Å². The number of hydrogen-bond acceptors (Lipinski definition) is 2. The third-order valence-electron chi connectivity index (χ3n) is 3.14. The van der Waals surface area contributed by atoms with Crippen molar-refractivity contribution >= 4 is 15.4 Å². The first-order valence-electron chi connectivity index (χ1n) is 5.31. The molecule has 1 N–H and O–H groups in total. The van der Waals surface area contributed by atoms with Crippen molar-refractivity contribution in [1.29, 1.82) is 0 Å². The van der Waals surface area contributed by atoms with Crippen molar-refractivity contribution in [2.45, 2.75) is 19.9 Å². The second-order valence-corrected chi connectivity index (χ2v) is 5.45. The Kier molecular flexibility index (Phi) is 3.00. The van der Waals surface area contributed by atoms with Crippen LogP contribution < -0.4 is 0 Å². The molecule has 0 saturated heterocycles. The van der Waals surface area contributed by atoms with Crippen LogP contribution in [0.5, 0.6) is 0 Å². The number of nitrogens with zero attached hydrogens (tertiary/aromatic N) is 1. The van der Waals surface area contributed by atoms with Crippen LogP contribution in [0.25, 0.3) is 0 Å². The number of fused-ring (bicyclic) bond motifs is 1. The Hall–Kier alpha value is -0.920. The van der Waals surface area contributed by atoms with Gasteiger partial charge in [0.15, 0.2) is 0 Å². The van der Waals surface area contributed by atoms with Crippen LogP contribution in [0.15, 0.2) is 24.3 Å². The molecule has 1 heterocycles. The maximum Gasteiger partial charge on any atom is 0.311 e. The number of carboxylic acids is 1. The normalized spacial score (nSPS) is 25.9. The molecule has 1 aliphatic rings. The molecular weight excluding hydrogens is 221 g/mol. The van der Waals surface area contributed by atoms with Crippen LogP contribution >= 0.6 is 9.39 Å². The van der Waals surface area contributed by atoms with E-state index in [4.69, 9.17) is 0 Å². The third kappa shape index (κ3) is 2.11. The van der Waals surface area contributed by atoms with E-state index < -0.39 is 11.4 Å². The van der Waals surface area contributed by atoms with Gasteiger partial charge in [-0.15, -0.1) is 0 Å². The number of hydrogen-bond donors (Lipinski definition) is 1. The number of benzene rings is 1. The molecule has 86 valence electrons. The molecule has 0 amide bonds. The maximum atomic E-state index is 11.3. The lowest BCUT2D eigenvalue weighted by Crippen LogP contribution is -2.37. The standard InChI is InChI=1S/C12H16NO2P/c1-12(11(14)15)6-9-4-2-3-5-10(9)7-13(16)8-12/h2-5H,6-8,16H2,1H3,(H,14,15). The van der Waals surface area contributed by atoms with E-state index in [9.17, 15) is 9.90 Å². The summed E-state index contributed by atoms with van der Waals surface area (Å²) in [6.07, 6.45) is 0.601. The molecule has 3 nitrogen and oxygen atoms in total. The third-order valence-corrected chi connectivity index (χ3v) is 3.51. The summed E-state index contributed by atoms with van der Waals surface area (Å²) in [4.78, 5) is 11.3. The van der Waals surface area contributed by atoms with E-state index in [2.05, 4.69) is 15.5 Å². The minimum absolute atomic E-state index is 0.557. The molecule has 0 saturated carbocycles. The van der Waals surface area contributed by atoms with E-state index in [0.717, 1.165) is 12.1 Å². The van der Waals surface area contributed by atoms with Crippen LogP contribution in [0.2, 0.25) is 0 Å². The molecule has 1 aliphatic heterocycles. The first-order valence-corrected chi connectivity index (χ1v) is 5.83. The Morgan fingerprint density at radius 1 is 1.44 bits per heavy atom. The van der Waals surface area contributed by atoms with Gasteiger partial charge in [-0.05, 0) is 24.5 Å². The molecular formula is C12H16NO2P. The molecule has 2 atom stereocenters. The Morgan fingerprint density at radius 3 is 2.69 bits per heavy atom. The summed E-state index contributed by atoms with van der Waals surface area (Å²) < 4.78 is 2.00. The van der Waals surface area contributed by atoms with Gasteiger partial charge in [0.1, 0.15) is 0 Å². The monoisotopic (exact) mass is 237 g/mol. The molecule has 1 aromatic carbocycles. The lowest BCUT2D eigenvalue weighted by Gasteiger charge is -2.26. The van der Waals surface area contributed by atoms with Gasteiger partial charge < -0.3 is 5.11 Å². The molecule has 1 aromatic rings. The summed E-state index contributed by atoms with van der Waals surface area (Å²) in [6, 6.07) is 8.07. The molecule has 0 bridgehead atoms. The minimum atomic E-state index is -0.725. The lowest BCUT2D eigenvalue weighted by atomic mass is 9.83. The smallest absolute Gasteiger partial charge is 0.311 e. The van der Waals surface area contributed by atoms with Crippen LogP contribution in [-0.4, -0.2) is 22.3 Å². The highest BCUT2D eigenvalue weighted by Gasteiger charge is 2.37. The van der Waals surface area contributed by atoms with Gasteiger partial charge in [0.05, 0.1) is 5.41 Å². The van der Waals surface area contributed by atoms with Gasteiger partial charge in [-0.25, -0.2) is 0 Å². The summed E-state index contributed by atoms with van der Waals surface area (Å²) in [7, 11) is 2.62. The molecule has 0 aromatic heterocycles. The largest absolute Gasteiger partial charge is 0.481 e. The van der Waals surface area contributed by atoms with E-state index in [0.29, 0.717) is 13.0 Å². The fraction of sp³-hybridized carbons (Fsp3) is 0.417. The van der Waals surface area contributed by atoms with Crippen molar-refractivity contribution in [3.05, 3.63) is 35.4 Å². The highest BCUT2D eigenvalue weighted by Crippen LogP contribution is 2.32. The van der Waals surface area contributed by atoms with Crippen LogP contribution in [-0.2, 0) is 17.8 Å². The van der Waals surface area contributed by atoms with Gasteiger partial charge in [-0.1, -0.05) is 33.7 Å². The quantitative estimate of drug-likeness (QED) is 0.759. The first kappa shape index (κ1) is 11.6. The van der Waals surface area contributed by atoms with Crippen molar-refractivity contribution in [3.8, 4) is 0 Å². The Balaban J connectivity index is 2.41. The predicted octanol–water partition coefficient (Wildman–Crippen LogP) is 1.93. The maximum absolute atomic E-state index is 11.3. The second-order valence-electron chi connectivity index (χ2n) is 4.72. The van der Waals surface area contributed by atoms with Gasteiger partial charge >= 0.3 is 5.97 Å². The van der Waals surface area contributed by atoms with E-state index in [-0.39, 0.29) is 0 Å². The molecule has 0 fully saturated rings. The Bertz CT molecular complexity index is 421. The summed E-state index contributed by atoms with van der Waals surface area (Å²) in [5, 5.41) is 9.33. The summed E-state index contributed by atoms with van der Waals surface area (Å²) in [6.45, 7) is 3.17. The van der Waals surface area contributed by atoms with Gasteiger partial charge in [-0.2, -0.15) is 0 Å². The van der Waals surface area contributed by atoms with E-state index in [1.165, 1.54) is 5.56 Å². The van der Waals surface area contributed by atoms with Crippen LogP contribution in [0.4, 0.5) is 0 Å². The highest BCUT2D eigenvalue weighted by atomic mass is 31.0. The van der Waals surface area contributed by atoms with Gasteiger partial charge in [0.2, 0.25) is 0 Å². The van der Waals surface area contributed by atoms with Crippen LogP contribution in [0.3, 0.4) is 0 Å². The summed E-state index contributed by atoms with van der Waals surface area (Å²) >= 11 is 0. The Morgan fingerprint density at radius 2 is 2.06 bits per heavy atom. The molecule has 16 heavy (non-hydrogen) atoms. The van der Waals surface area contributed by atoms with Gasteiger partial charge in [0, 0.05) is 13.1 Å². The molecule has 2 unspecified atom stereocenters. The van der Waals surface area contributed by atoms with Crippen molar-refractivity contribution in [2.75, 3.05) is 6.54 Å². The topological polar surface area (TPSA) is 40.5 Å². The fourth-order valence-electron chi connectivity index (χ4n) is 2.23. The predicted molar refractivity (Wildman–Crippen MR) is 66.0 cm³/mol. The zero-order valence-electron chi connectivity index (χ0n) is 9.31. The van der Waals surface area contributed by atoms with Crippen LogP contribution in [0, 0.1) is 5.41 Å². The van der Waals surface area contributed by atoms with E-state index >= 15 is 0 Å². The average molecular weight is 237 g/mol. The first-order chi connectivity index (χ1) is 7.51. The van der Waals surface area contributed by atoms with Crippen molar-refractivity contribution in [3.63, 3.8) is 0 Å². The van der Waals surface area contributed by atoms with Crippen molar-refractivity contribution in [2.24, 2.45) is 5.41 Å². The van der Waals surface area contributed by atoms with Crippen LogP contribution in [0.1, 0.15) is 18.1 Å². The minimum Gasteiger partial charge on any atom is -0.481 e. The van der Waals surface area contributed by atoms with E-state index in [1.807, 2.05) is 29.8 Å². The molecule has 0 aliphatic carbocycles. The zero-order valence-corrected chi connectivity index (χ0v) is 10.5. The molecule has 0 spiro atoms. The number of carbonyl (C=O) groups is 1. The summed E-state index contributed by atoms with van der Waals surface area (Å²) in [5.41, 5.74) is 1.67. The molecule has 2 rings (SSSR count). The number of aliphatic carboxylic acids is 1. The van der Waals surface area contributed by atoms with Crippen molar-refractivity contribution in [1.82, 2.24) is 4.67 Å². The average Bonchev–Trinajstić information content (AvgIpc) is 2.32. The lowest BCUT2D eigenvalue weighted by molar-refractivity contribution is -0.148. The molecule has 0 radical (unpaired) electrons. The highest BCUT2D eigenvalue weighted by molar-refractivity contribution is 7.13. The Labute approximate surface area is 97.7 Å². The SMILES string of the molecule is CC1(C(=O)O)Cc2ccccc2CN(P)C1. The number of rotatable bonds is 1. The number of carboxylic acid groups (broad SMARTS) is 1. The fourth-order valence-corrected chi connectivity index (χ4v) is 2.83. The van der Waals surface area contributed by atoms with Gasteiger partial charge in [-0.3, -0.25) is 9.46 Å². The second kappa shape index (κ2) is 4.15. The molecule has 4 heteroatoms. The summed E-state index contributed by atoms with van der Waals surface area (Å²) in [5.74, 6) is -0.725. The van der Waals surface area contributed by atoms with Crippen molar-refractivity contribution < 1.29 is 9.90 Å². The zero-order chi connectivity index (χ0) is 11.8.